The first kappa shape index (κ1) is 15.8. The summed E-state index contributed by atoms with van der Waals surface area (Å²) in [5, 5.41) is 9.41. The van der Waals surface area contributed by atoms with E-state index in [0.717, 1.165) is 6.42 Å². The van der Waals surface area contributed by atoms with Crippen LogP contribution in [-0.2, 0) is 14.8 Å². The van der Waals surface area contributed by atoms with Crippen LogP contribution >= 0.6 is 0 Å². The van der Waals surface area contributed by atoms with Crippen LogP contribution in [0.15, 0.2) is 29.2 Å². The third-order valence-electron chi connectivity index (χ3n) is 3.75. The summed E-state index contributed by atoms with van der Waals surface area (Å²) in [6, 6.07) is 5.85. The highest BCUT2D eigenvalue weighted by Gasteiger charge is 2.38. The number of nitrogens with one attached hydrogen (secondary N) is 1. The lowest BCUT2D eigenvalue weighted by atomic mass is 10.0. The van der Waals surface area contributed by atoms with Crippen molar-refractivity contribution in [1.82, 2.24) is 4.72 Å². The van der Waals surface area contributed by atoms with Crippen LogP contribution in [0.5, 0.6) is 0 Å². The highest BCUT2D eigenvalue weighted by Crippen LogP contribution is 2.34. The molecule has 0 amide bonds. The molecule has 6 nitrogen and oxygen atoms in total. The lowest BCUT2D eigenvalue weighted by Crippen LogP contribution is -2.40. The van der Waals surface area contributed by atoms with E-state index in [4.69, 9.17) is 0 Å². The topological polar surface area (TPSA) is 86.7 Å². The van der Waals surface area contributed by atoms with Gasteiger partial charge >= 0.3 is 5.97 Å². The second-order valence-corrected chi connectivity index (χ2v) is 6.95. The average molecular weight is 312 g/mol. The first-order valence-corrected chi connectivity index (χ1v) is 8.45. The Labute approximate surface area is 124 Å². The van der Waals surface area contributed by atoms with Gasteiger partial charge in [0.25, 0.3) is 0 Å². The molecule has 1 aliphatic rings. The maximum Gasteiger partial charge on any atom is 0.326 e. The van der Waals surface area contributed by atoms with Crippen LogP contribution in [0.1, 0.15) is 20.3 Å². The van der Waals surface area contributed by atoms with E-state index in [1.807, 2.05) is 6.92 Å². The Kier molecular flexibility index (Phi) is 4.53. The number of nitrogens with zero attached hydrogens (tertiary/aromatic N) is 1. The van der Waals surface area contributed by atoms with Gasteiger partial charge in [0.1, 0.15) is 10.9 Å². The number of sulfonamides is 1. The van der Waals surface area contributed by atoms with E-state index in [1.165, 1.54) is 6.07 Å². The van der Waals surface area contributed by atoms with Crippen LogP contribution in [0.25, 0.3) is 0 Å². The second-order valence-electron chi connectivity index (χ2n) is 5.21. The summed E-state index contributed by atoms with van der Waals surface area (Å²) >= 11 is 0. The van der Waals surface area contributed by atoms with E-state index in [-0.39, 0.29) is 17.4 Å². The fourth-order valence-corrected chi connectivity index (χ4v) is 4.04. The van der Waals surface area contributed by atoms with Gasteiger partial charge in [-0.1, -0.05) is 26.0 Å². The van der Waals surface area contributed by atoms with Gasteiger partial charge < -0.3 is 10.0 Å². The van der Waals surface area contributed by atoms with Gasteiger partial charge in [0.05, 0.1) is 5.69 Å². The second kappa shape index (κ2) is 6.03. The Morgan fingerprint density at radius 3 is 2.71 bits per heavy atom. The summed E-state index contributed by atoms with van der Waals surface area (Å²) in [5.41, 5.74) is 0.454. The van der Waals surface area contributed by atoms with Gasteiger partial charge in [0.2, 0.25) is 10.0 Å². The van der Waals surface area contributed by atoms with Crippen molar-refractivity contribution in [2.24, 2.45) is 5.92 Å². The third-order valence-corrected chi connectivity index (χ3v) is 5.34. The number of para-hydroxylation sites is 1. The number of hydrogen-bond acceptors (Lipinski definition) is 4. The average Bonchev–Trinajstić information content (AvgIpc) is 2.80. The molecule has 1 fully saturated rings. The SMILES string of the molecule is CCNS(=O)(=O)c1ccccc1N1CCC(C)C1C(=O)O. The fraction of sp³-hybridized carbons (Fsp3) is 0.500. The minimum Gasteiger partial charge on any atom is -0.480 e. The van der Waals surface area contributed by atoms with Crippen molar-refractivity contribution in [2.45, 2.75) is 31.2 Å². The Morgan fingerprint density at radius 1 is 1.43 bits per heavy atom. The minimum atomic E-state index is -3.63. The summed E-state index contributed by atoms with van der Waals surface area (Å²) in [7, 11) is -3.63. The molecule has 0 radical (unpaired) electrons. The molecule has 116 valence electrons. The Hall–Kier alpha value is -1.60. The van der Waals surface area contributed by atoms with E-state index in [0.29, 0.717) is 12.2 Å². The lowest BCUT2D eigenvalue weighted by molar-refractivity contribution is -0.139. The minimum absolute atomic E-state index is 0.0163. The number of anilines is 1. The van der Waals surface area contributed by atoms with E-state index in [2.05, 4.69) is 4.72 Å². The first-order valence-electron chi connectivity index (χ1n) is 6.96. The largest absolute Gasteiger partial charge is 0.480 e. The van der Waals surface area contributed by atoms with E-state index in [1.54, 1.807) is 30.0 Å². The highest BCUT2D eigenvalue weighted by atomic mass is 32.2. The van der Waals surface area contributed by atoms with Crippen molar-refractivity contribution in [2.75, 3.05) is 18.0 Å². The maximum atomic E-state index is 12.3. The molecular weight excluding hydrogens is 292 g/mol. The van der Waals surface area contributed by atoms with Gasteiger partial charge in [-0.25, -0.2) is 17.9 Å². The predicted octanol–water partition coefficient (Wildman–Crippen LogP) is 1.28. The monoisotopic (exact) mass is 312 g/mol. The summed E-state index contributed by atoms with van der Waals surface area (Å²) in [5.74, 6) is -0.937. The van der Waals surface area contributed by atoms with Crippen LogP contribution in [0.4, 0.5) is 5.69 Å². The number of carboxylic acids is 1. The molecule has 1 aliphatic heterocycles. The molecule has 0 bridgehead atoms. The zero-order valence-electron chi connectivity index (χ0n) is 12.1. The van der Waals surface area contributed by atoms with Gasteiger partial charge in [0, 0.05) is 13.1 Å². The van der Waals surface area contributed by atoms with Crippen LogP contribution in [-0.4, -0.2) is 38.6 Å². The number of benzene rings is 1. The molecule has 0 spiro atoms. The zero-order chi connectivity index (χ0) is 15.6. The van der Waals surface area contributed by atoms with Crippen LogP contribution in [0.2, 0.25) is 0 Å². The Morgan fingerprint density at radius 2 is 2.10 bits per heavy atom. The summed E-state index contributed by atoms with van der Waals surface area (Å²) in [6.07, 6.45) is 0.729. The predicted molar refractivity (Wildman–Crippen MR) is 79.9 cm³/mol. The molecule has 1 aromatic carbocycles. The lowest BCUT2D eigenvalue weighted by Gasteiger charge is -2.27. The molecule has 2 rings (SSSR count). The van der Waals surface area contributed by atoms with Crippen molar-refractivity contribution in [3.8, 4) is 0 Å². The number of rotatable bonds is 5. The third kappa shape index (κ3) is 3.03. The van der Waals surface area contributed by atoms with Gasteiger partial charge in [-0.3, -0.25) is 0 Å². The molecule has 2 atom stereocenters. The Balaban J connectivity index is 2.48. The van der Waals surface area contributed by atoms with Crippen molar-refractivity contribution in [1.29, 1.82) is 0 Å². The van der Waals surface area contributed by atoms with Gasteiger partial charge in [-0.2, -0.15) is 0 Å². The number of carbonyl (C=O) groups is 1. The quantitative estimate of drug-likeness (QED) is 0.855. The van der Waals surface area contributed by atoms with Crippen molar-refractivity contribution >= 4 is 21.7 Å². The number of hydrogen-bond donors (Lipinski definition) is 2. The van der Waals surface area contributed by atoms with Crippen molar-refractivity contribution in [3.05, 3.63) is 24.3 Å². The van der Waals surface area contributed by atoms with Crippen LogP contribution < -0.4 is 9.62 Å². The van der Waals surface area contributed by atoms with Gasteiger partial charge in [-0.05, 0) is 24.5 Å². The molecule has 0 aliphatic carbocycles. The number of carboxylic acid groups (broad SMARTS) is 1. The molecule has 0 aromatic heterocycles. The Bertz CT molecular complexity index is 630. The van der Waals surface area contributed by atoms with Crippen molar-refractivity contribution < 1.29 is 18.3 Å². The summed E-state index contributed by atoms with van der Waals surface area (Å²) < 4.78 is 27.0. The molecule has 0 saturated carbocycles. The summed E-state index contributed by atoms with van der Waals surface area (Å²) in [6.45, 7) is 4.41. The molecule has 21 heavy (non-hydrogen) atoms. The van der Waals surface area contributed by atoms with Crippen LogP contribution in [0, 0.1) is 5.92 Å². The molecule has 2 N–H and O–H groups in total. The summed E-state index contributed by atoms with van der Waals surface area (Å²) in [4.78, 5) is 13.3. The number of aliphatic carboxylic acids is 1. The first-order chi connectivity index (χ1) is 9.88. The normalized spacial score (nSPS) is 22.5. The van der Waals surface area contributed by atoms with E-state index in [9.17, 15) is 18.3 Å². The molecule has 1 saturated heterocycles. The molecule has 1 heterocycles. The van der Waals surface area contributed by atoms with Crippen molar-refractivity contribution in [3.63, 3.8) is 0 Å². The van der Waals surface area contributed by atoms with E-state index < -0.39 is 22.0 Å². The standard InChI is InChI=1S/C14H20N2O4S/c1-3-15-21(19,20)12-7-5-4-6-11(12)16-9-8-10(2)13(16)14(17)18/h4-7,10,13,15H,3,8-9H2,1-2H3,(H,17,18). The fourth-order valence-electron chi connectivity index (χ4n) is 2.78. The highest BCUT2D eigenvalue weighted by molar-refractivity contribution is 7.89. The van der Waals surface area contributed by atoms with Gasteiger partial charge in [-0.15, -0.1) is 0 Å². The van der Waals surface area contributed by atoms with Crippen LogP contribution in [0.3, 0.4) is 0 Å². The zero-order valence-corrected chi connectivity index (χ0v) is 12.9. The molecule has 7 heteroatoms. The maximum absolute atomic E-state index is 12.3. The molecule has 1 aromatic rings. The van der Waals surface area contributed by atoms with E-state index >= 15 is 0 Å². The molecule has 2 unspecified atom stereocenters. The molecular formula is C14H20N2O4S. The van der Waals surface area contributed by atoms with Gasteiger partial charge in [0.15, 0.2) is 0 Å². The smallest absolute Gasteiger partial charge is 0.326 e.